The van der Waals surface area contributed by atoms with Gasteiger partial charge in [0.25, 0.3) is 0 Å². The number of ether oxygens (including phenoxy) is 1. The number of likely N-dealkylation sites (tertiary alicyclic amines) is 1. The van der Waals surface area contributed by atoms with Crippen LogP contribution in [-0.2, 0) is 9.53 Å². The van der Waals surface area contributed by atoms with Crippen LogP contribution in [0.4, 0.5) is 4.39 Å². The molecule has 0 amide bonds. The Kier molecular flexibility index (Phi) is 10.5. The molecule has 0 atom stereocenters. The van der Waals surface area contributed by atoms with Crippen molar-refractivity contribution < 1.29 is 18.4 Å². The second-order valence-electron chi connectivity index (χ2n) is 9.12. The number of unbranched alkanes of at least 4 members (excludes halogenated alkanes) is 7. The second-order valence-corrected chi connectivity index (χ2v) is 9.12. The lowest BCUT2D eigenvalue weighted by atomic mass is 9.92. The number of rotatable bonds is 14. The van der Waals surface area contributed by atoms with Gasteiger partial charge in [0.1, 0.15) is 17.1 Å². The van der Waals surface area contributed by atoms with Crippen LogP contribution >= 0.6 is 0 Å². The van der Waals surface area contributed by atoms with E-state index in [1.54, 1.807) is 6.07 Å². The average Bonchev–Trinajstić information content (AvgIpc) is 3.21. The van der Waals surface area contributed by atoms with Crippen molar-refractivity contribution in [2.75, 3.05) is 26.2 Å². The summed E-state index contributed by atoms with van der Waals surface area (Å²) < 4.78 is 24.3. The maximum absolute atomic E-state index is 13.4. The van der Waals surface area contributed by atoms with Crippen molar-refractivity contribution >= 4 is 16.9 Å². The Labute approximate surface area is 191 Å². The molecule has 1 aromatic heterocycles. The molecule has 1 fully saturated rings. The van der Waals surface area contributed by atoms with E-state index in [1.165, 1.54) is 44.2 Å². The Morgan fingerprint density at radius 3 is 2.62 bits per heavy atom. The van der Waals surface area contributed by atoms with Crippen molar-refractivity contribution in [1.29, 1.82) is 0 Å². The minimum absolute atomic E-state index is 0.0430. The Balaban J connectivity index is 1.22. The quantitative estimate of drug-likeness (QED) is 0.241. The van der Waals surface area contributed by atoms with Gasteiger partial charge in [-0.25, -0.2) is 4.39 Å². The standard InChI is InChI=1S/C26H39FN2O3/c1-2-3-4-5-6-7-8-11-25(30)31-19-10-9-16-29-17-14-21(15-18-29)26-23-13-12-22(27)20-24(23)28-32-26/h12-13,20-21H,2-11,14-19H2,1H3. The predicted octanol–water partition coefficient (Wildman–Crippen LogP) is 6.61. The minimum atomic E-state index is -0.282. The maximum Gasteiger partial charge on any atom is 0.305 e. The first-order valence-electron chi connectivity index (χ1n) is 12.6. The molecule has 2 heterocycles. The third-order valence-corrected chi connectivity index (χ3v) is 6.54. The lowest BCUT2D eigenvalue weighted by Gasteiger charge is -2.30. The molecule has 1 saturated heterocycles. The van der Waals surface area contributed by atoms with E-state index in [-0.39, 0.29) is 11.8 Å². The summed E-state index contributed by atoms with van der Waals surface area (Å²) in [7, 11) is 0. The molecule has 0 unspecified atom stereocenters. The van der Waals surface area contributed by atoms with Crippen LogP contribution in [0, 0.1) is 5.82 Å². The number of esters is 1. The average molecular weight is 447 g/mol. The number of piperidine rings is 1. The summed E-state index contributed by atoms with van der Waals surface area (Å²) in [6, 6.07) is 4.68. The fraction of sp³-hybridized carbons (Fsp3) is 0.692. The van der Waals surface area contributed by atoms with E-state index < -0.39 is 0 Å². The molecule has 1 aromatic carbocycles. The van der Waals surface area contributed by atoms with Crippen molar-refractivity contribution in [3.63, 3.8) is 0 Å². The molecule has 2 aromatic rings. The predicted molar refractivity (Wildman–Crippen MR) is 125 cm³/mol. The Hall–Kier alpha value is -1.95. The molecule has 3 rings (SSSR count). The van der Waals surface area contributed by atoms with Crippen LogP contribution in [0.1, 0.15) is 95.7 Å². The summed E-state index contributed by atoms with van der Waals surface area (Å²) in [4.78, 5) is 14.3. The monoisotopic (exact) mass is 446 g/mol. The van der Waals surface area contributed by atoms with E-state index in [4.69, 9.17) is 9.26 Å². The van der Waals surface area contributed by atoms with Gasteiger partial charge in [-0.3, -0.25) is 4.79 Å². The molecule has 1 aliphatic rings. The van der Waals surface area contributed by atoms with Crippen LogP contribution in [0.2, 0.25) is 0 Å². The first-order chi connectivity index (χ1) is 15.7. The highest BCUT2D eigenvalue weighted by atomic mass is 19.1. The number of nitrogens with zero attached hydrogens (tertiary/aromatic N) is 2. The molecular formula is C26H39FN2O3. The highest BCUT2D eigenvalue weighted by molar-refractivity contribution is 5.80. The van der Waals surface area contributed by atoms with Gasteiger partial charge in [0.15, 0.2) is 0 Å². The Bertz CT molecular complexity index is 815. The van der Waals surface area contributed by atoms with E-state index in [2.05, 4.69) is 17.0 Å². The first kappa shape index (κ1) is 24.7. The van der Waals surface area contributed by atoms with E-state index >= 15 is 0 Å². The molecule has 0 radical (unpaired) electrons. The lowest BCUT2D eigenvalue weighted by Crippen LogP contribution is -2.33. The number of hydrogen-bond donors (Lipinski definition) is 0. The van der Waals surface area contributed by atoms with Crippen molar-refractivity contribution in [3.8, 4) is 0 Å². The molecule has 0 saturated carbocycles. The summed E-state index contributed by atoms with van der Waals surface area (Å²) in [5, 5.41) is 4.96. The van der Waals surface area contributed by atoms with Gasteiger partial charge in [0, 0.05) is 23.8 Å². The van der Waals surface area contributed by atoms with Crippen LogP contribution < -0.4 is 0 Å². The van der Waals surface area contributed by atoms with Gasteiger partial charge in [0.05, 0.1) is 6.61 Å². The highest BCUT2D eigenvalue weighted by Crippen LogP contribution is 2.33. The summed E-state index contributed by atoms with van der Waals surface area (Å²) in [6.45, 7) is 5.83. The Morgan fingerprint density at radius 1 is 1.09 bits per heavy atom. The van der Waals surface area contributed by atoms with E-state index in [9.17, 15) is 9.18 Å². The normalized spacial score (nSPS) is 15.4. The topological polar surface area (TPSA) is 55.6 Å². The van der Waals surface area contributed by atoms with E-state index in [0.29, 0.717) is 24.5 Å². The zero-order chi connectivity index (χ0) is 22.6. The molecule has 0 spiro atoms. The van der Waals surface area contributed by atoms with Crippen LogP contribution in [0.25, 0.3) is 10.9 Å². The number of carbonyl (C=O) groups excluding carboxylic acids is 1. The van der Waals surface area contributed by atoms with Gasteiger partial charge in [-0.05, 0) is 63.9 Å². The van der Waals surface area contributed by atoms with Crippen LogP contribution in [0.5, 0.6) is 0 Å². The van der Waals surface area contributed by atoms with Crippen molar-refractivity contribution in [1.82, 2.24) is 10.1 Å². The lowest BCUT2D eigenvalue weighted by molar-refractivity contribution is -0.143. The van der Waals surface area contributed by atoms with E-state index in [0.717, 1.165) is 69.3 Å². The summed E-state index contributed by atoms with van der Waals surface area (Å²) in [5.74, 6) is 0.913. The van der Waals surface area contributed by atoms with Gasteiger partial charge in [-0.15, -0.1) is 0 Å². The van der Waals surface area contributed by atoms with Gasteiger partial charge >= 0.3 is 5.97 Å². The second kappa shape index (κ2) is 13.6. The molecule has 0 N–H and O–H groups in total. The fourth-order valence-corrected chi connectivity index (χ4v) is 4.57. The molecule has 0 aliphatic carbocycles. The third kappa shape index (κ3) is 7.88. The number of benzene rings is 1. The third-order valence-electron chi connectivity index (χ3n) is 6.54. The zero-order valence-electron chi connectivity index (χ0n) is 19.6. The maximum atomic E-state index is 13.4. The molecule has 5 nitrogen and oxygen atoms in total. The number of aromatic nitrogens is 1. The fourth-order valence-electron chi connectivity index (χ4n) is 4.57. The zero-order valence-corrected chi connectivity index (χ0v) is 19.6. The largest absolute Gasteiger partial charge is 0.466 e. The molecular weight excluding hydrogens is 407 g/mol. The molecule has 0 bridgehead atoms. The van der Waals surface area contributed by atoms with Crippen molar-refractivity contribution in [2.24, 2.45) is 0 Å². The SMILES string of the molecule is CCCCCCCCCC(=O)OCCCCN1CCC(c2onc3cc(F)ccc23)CC1. The Morgan fingerprint density at radius 2 is 1.84 bits per heavy atom. The highest BCUT2D eigenvalue weighted by Gasteiger charge is 2.25. The van der Waals surface area contributed by atoms with Crippen LogP contribution in [0.15, 0.2) is 22.7 Å². The van der Waals surface area contributed by atoms with Gasteiger partial charge in [-0.1, -0.05) is 50.6 Å². The minimum Gasteiger partial charge on any atom is -0.466 e. The van der Waals surface area contributed by atoms with Gasteiger partial charge in [-0.2, -0.15) is 0 Å². The van der Waals surface area contributed by atoms with Crippen molar-refractivity contribution in [2.45, 2.75) is 89.9 Å². The first-order valence-corrected chi connectivity index (χ1v) is 12.6. The summed E-state index contributed by atoms with van der Waals surface area (Å²) in [5.41, 5.74) is 0.601. The molecule has 32 heavy (non-hydrogen) atoms. The summed E-state index contributed by atoms with van der Waals surface area (Å²) in [6.07, 6.45) is 13.1. The molecule has 178 valence electrons. The number of carbonyl (C=O) groups is 1. The van der Waals surface area contributed by atoms with Gasteiger partial charge in [0.2, 0.25) is 0 Å². The van der Waals surface area contributed by atoms with Crippen molar-refractivity contribution in [3.05, 3.63) is 29.8 Å². The number of fused-ring (bicyclic) bond motifs is 1. The van der Waals surface area contributed by atoms with Crippen LogP contribution in [-0.4, -0.2) is 42.3 Å². The molecule has 6 heteroatoms. The number of halogens is 1. The van der Waals surface area contributed by atoms with E-state index in [1.807, 2.05) is 0 Å². The van der Waals surface area contributed by atoms with Gasteiger partial charge < -0.3 is 14.2 Å². The number of hydrogen-bond acceptors (Lipinski definition) is 5. The van der Waals surface area contributed by atoms with Crippen LogP contribution in [0.3, 0.4) is 0 Å². The summed E-state index contributed by atoms with van der Waals surface area (Å²) >= 11 is 0. The molecule has 1 aliphatic heterocycles. The smallest absolute Gasteiger partial charge is 0.305 e.